The minimum absolute atomic E-state index is 0.00628. The van der Waals surface area contributed by atoms with E-state index in [1.165, 1.54) is 35.2 Å². The van der Waals surface area contributed by atoms with Gasteiger partial charge >= 0.3 is 0 Å². The Bertz CT molecular complexity index is 1700. The van der Waals surface area contributed by atoms with Crippen molar-refractivity contribution in [3.63, 3.8) is 0 Å². The average molecular weight is 648 g/mol. The summed E-state index contributed by atoms with van der Waals surface area (Å²) >= 11 is 6.11. The van der Waals surface area contributed by atoms with Gasteiger partial charge in [-0.05, 0) is 60.9 Å². The quantitative estimate of drug-likeness (QED) is 0.194. The van der Waals surface area contributed by atoms with Gasteiger partial charge in [-0.25, -0.2) is 12.8 Å². The lowest BCUT2D eigenvalue weighted by Crippen LogP contribution is -2.54. The van der Waals surface area contributed by atoms with Crippen LogP contribution in [0.2, 0.25) is 5.02 Å². The zero-order chi connectivity index (χ0) is 31.8. The van der Waals surface area contributed by atoms with Crippen molar-refractivity contribution in [3.05, 3.63) is 131 Å². The van der Waals surface area contributed by atoms with Gasteiger partial charge in [-0.1, -0.05) is 91.2 Å². The van der Waals surface area contributed by atoms with Crippen LogP contribution in [-0.2, 0) is 32.6 Å². The highest BCUT2D eigenvalue weighted by atomic mass is 35.5. The van der Waals surface area contributed by atoms with Gasteiger partial charge in [0, 0.05) is 29.6 Å². The highest BCUT2D eigenvalue weighted by molar-refractivity contribution is 7.92. The summed E-state index contributed by atoms with van der Waals surface area (Å²) in [5.41, 5.74) is 1.24. The Morgan fingerprint density at radius 3 is 2.09 bits per heavy atom. The Kier molecular flexibility index (Phi) is 10.5. The van der Waals surface area contributed by atoms with Crippen LogP contribution in [0.15, 0.2) is 114 Å². The van der Waals surface area contributed by atoms with E-state index in [1.54, 1.807) is 48.5 Å². The highest BCUT2D eigenvalue weighted by Crippen LogP contribution is 2.27. The number of anilines is 1. The Morgan fingerprint density at radius 1 is 0.844 bits per heavy atom. The SMILES string of the molecule is O=C(NC1CCCC1)[C@@H](Cc1ccccc1)N(Cc1ccccc1F)C(=O)CN(c1ccc(Cl)cc1)S(=O)(=O)c1ccccc1. The summed E-state index contributed by atoms with van der Waals surface area (Å²) in [6.45, 7) is -0.865. The maximum Gasteiger partial charge on any atom is 0.264 e. The molecule has 0 bridgehead atoms. The average Bonchev–Trinajstić information content (AvgIpc) is 3.56. The van der Waals surface area contributed by atoms with Crippen molar-refractivity contribution < 1.29 is 22.4 Å². The normalized spacial score (nSPS) is 14.1. The molecule has 1 N–H and O–H groups in total. The van der Waals surface area contributed by atoms with E-state index in [1.807, 2.05) is 30.3 Å². The molecule has 7 nitrogen and oxygen atoms in total. The van der Waals surface area contributed by atoms with Crippen molar-refractivity contribution >= 4 is 39.1 Å². The second-order valence-corrected chi connectivity index (χ2v) is 13.4. The number of amides is 2. The maximum atomic E-state index is 15.1. The van der Waals surface area contributed by atoms with Gasteiger partial charge in [-0.2, -0.15) is 0 Å². The number of hydrogen-bond acceptors (Lipinski definition) is 4. The number of hydrogen-bond donors (Lipinski definition) is 1. The van der Waals surface area contributed by atoms with Crippen LogP contribution >= 0.6 is 11.6 Å². The zero-order valence-electron chi connectivity index (χ0n) is 24.7. The second-order valence-electron chi connectivity index (χ2n) is 11.1. The number of benzene rings is 4. The van der Waals surface area contributed by atoms with E-state index in [0.29, 0.717) is 5.02 Å². The van der Waals surface area contributed by atoms with Crippen LogP contribution in [0.4, 0.5) is 10.1 Å². The van der Waals surface area contributed by atoms with Crippen LogP contribution in [0.3, 0.4) is 0 Å². The van der Waals surface area contributed by atoms with Crippen molar-refractivity contribution in [3.8, 4) is 0 Å². The monoisotopic (exact) mass is 647 g/mol. The Labute approximate surface area is 268 Å². The van der Waals surface area contributed by atoms with Crippen molar-refractivity contribution in [2.24, 2.45) is 0 Å². The fraction of sp³-hybridized carbons (Fsp3) is 0.257. The minimum Gasteiger partial charge on any atom is -0.352 e. The molecule has 1 saturated carbocycles. The van der Waals surface area contributed by atoms with E-state index in [4.69, 9.17) is 11.6 Å². The number of nitrogens with one attached hydrogen (secondary N) is 1. The van der Waals surface area contributed by atoms with E-state index in [2.05, 4.69) is 5.32 Å². The van der Waals surface area contributed by atoms with Crippen molar-refractivity contribution in [1.29, 1.82) is 0 Å². The molecule has 0 unspecified atom stereocenters. The molecule has 0 aromatic heterocycles. The lowest BCUT2D eigenvalue weighted by molar-refractivity contribution is -0.140. The van der Waals surface area contributed by atoms with Crippen LogP contribution < -0.4 is 9.62 Å². The predicted octanol–water partition coefficient (Wildman–Crippen LogP) is 6.37. The van der Waals surface area contributed by atoms with Crippen LogP contribution in [0, 0.1) is 5.82 Å². The molecule has 4 aromatic carbocycles. The zero-order valence-corrected chi connectivity index (χ0v) is 26.3. The molecule has 4 aromatic rings. The van der Waals surface area contributed by atoms with Crippen LogP contribution in [0.25, 0.3) is 0 Å². The summed E-state index contributed by atoms with van der Waals surface area (Å²) < 4.78 is 44.0. The smallest absolute Gasteiger partial charge is 0.264 e. The lowest BCUT2D eigenvalue weighted by atomic mass is 10.0. The molecule has 1 aliphatic rings. The number of halogens is 2. The van der Waals surface area contributed by atoms with E-state index in [9.17, 15) is 18.0 Å². The van der Waals surface area contributed by atoms with Gasteiger partial charge in [-0.3, -0.25) is 13.9 Å². The van der Waals surface area contributed by atoms with E-state index in [-0.39, 0.29) is 41.1 Å². The van der Waals surface area contributed by atoms with E-state index >= 15 is 4.39 Å². The minimum atomic E-state index is -4.23. The number of carbonyl (C=O) groups excluding carboxylic acids is 2. The number of nitrogens with zero attached hydrogens (tertiary/aromatic N) is 2. The molecule has 1 fully saturated rings. The third-order valence-electron chi connectivity index (χ3n) is 8.00. The van der Waals surface area contributed by atoms with Gasteiger partial charge in [0.25, 0.3) is 10.0 Å². The molecule has 5 rings (SSSR count). The first-order valence-corrected chi connectivity index (χ1v) is 16.7. The third-order valence-corrected chi connectivity index (χ3v) is 10.0. The summed E-state index contributed by atoms with van der Waals surface area (Å²) in [5.74, 6) is -1.55. The summed E-state index contributed by atoms with van der Waals surface area (Å²) in [4.78, 5) is 29.7. The lowest BCUT2D eigenvalue weighted by Gasteiger charge is -2.34. The molecule has 234 valence electrons. The second kappa shape index (κ2) is 14.7. The molecule has 1 aliphatic carbocycles. The number of carbonyl (C=O) groups is 2. The Hall–Kier alpha value is -4.21. The summed E-state index contributed by atoms with van der Waals surface area (Å²) in [6.07, 6.45) is 3.83. The van der Waals surface area contributed by atoms with Crippen LogP contribution in [0.1, 0.15) is 36.8 Å². The molecule has 0 radical (unpaired) electrons. The van der Waals surface area contributed by atoms with Crippen molar-refractivity contribution in [2.45, 2.75) is 55.6 Å². The topological polar surface area (TPSA) is 86.8 Å². The molecule has 0 aliphatic heterocycles. The molecule has 45 heavy (non-hydrogen) atoms. The summed E-state index contributed by atoms with van der Waals surface area (Å²) in [5, 5.41) is 3.51. The number of rotatable bonds is 12. The molecule has 0 spiro atoms. The van der Waals surface area contributed by atoms with Gasteiger partial charge in [0.1, 0.15) is 18.4 Å². The first-order valence-electron chi connectivity index (χ1n) is 14.9. The van der Waals surface area contributed by atoms with Crippen molar-refractivity contribution in [2.75, 3.05) is 10.8 Å². The Balaban J connectivity index is 1.56. The third kappa shape index (κ3) is 8.09. The van der Waals surface area contributed by atoms with Crippen molar-refractivity contribution in [1.82, 2.24) is 10.2 Å². The molecule has 1 atom stereocenters. The maximum absolute atomic E-state index is 15.1. The van der Waals surface area contributed by atoms with E-state index in [0.717, 1.165) is 35.6 Å². The summed E-state index contributed by atoms with van der Waals surface area (Å²) in [7, 11) is -4.23. The molecule has 10 heteroatoms. The highest BCUT2D eigenvalue weighted by Gasteiger charge is 2.35. The van der Waals surface area contributed by atoms with Gasteiger partial charge < -0.3 is 10.2 Å². The molecular weight excluding hydrogens is 613 g/mol. The van der Waals surface area contributed by atoms with Gasteiger partial charge in [0.15, 0.2) is 0 Å². The standard InChI is InChI=1S/C35H35ClFN3O4S/c36-28-19-21-30(22-20-28)40(45(43,44)31-16-5-2-6-17-31)25-34(41)39(24-27-13-7-10-18-32(27)37)33(23-26-11-3-1-4-12-26)35(42)38-29-14-8-9-15-29/h1-7,10-13,16-22,29,33H,8-9,14-15,23-25H2,(H,38,42)/t33-/m1/s1. The first kappa shape index (κ1) is 32.2. The largest absolute Gasteiger partial charge is 0.352 e. The van der Waals surface area contributed by atoms with Gasteiger partial charge in [-0.15, -0.1) is 0 Å². The predicted molar refractivity (Wildman–Crippen MR) is 174 cm³/mol. The number of sulfonamides is 1. The van der Waals surface area contributed by atoms with Crippen LogP contribution in [-0.4, -0.2) is 43.8 Å². The fourth-order valence-electron chi connectivity index (χ4n) is 5.59. The van der Waals surface area contributed by atoms with E-state index < -0.39 is 34.3 Å². The molecule has 0 saturated heterocycles. The van der Waals surface area contributed by atoms with Crippen LogP contribution in [0.5, 0.6) is 0 Å². The van der Waals surface area contributed by atoms with Gasteiger partial charge in [0.2, 0.25) is 11.8 Å². The van der Waals surface area contributed by atoms with Gasteiger partial charge in [0.05, 0.1) is 10.6 Å². The fourth-order valence-corrected chi connectivity index (χ4v) is 7.15. The molecule has 2 amide bonds. The Morgan fingerprint density at radius 2 is 1.44 bits per heavy atom. The summed E-state index contributed by atoms with van der Waals surface area (Å²) in [6, 6.07) is 28.2. The first-order chi connectivity index (χ1) is 21.7. The molecule has 0 heterocycles. The molecular formula is C35H35ClFN3O4S.